The summed E-state index contributed by atoms with van der Waals surface area (Å²) < 4.78 is 12.3. The van der Waals surface area contributed by atoms with E-state index in [-0.39, 0.29) is 22.9 Å². The molecule has 1 N–H and O–H groups in total. The maximum absolute atomic E-state index is 13.7. The lowest BCUT2D eigenvalue weighted by atomic mass is 9.85. The summed E-state index contributed by atoms with van der Waals surface area (Å²) in [5, 5.41) is 12.0. The van der Waals surface area contributed by atoms with Crippen LogP contribution >= 0.6 is 11.3 Å². The minimum Gasteiger partial charge on any atom is -0.507 e. The highest BCUT2D eigenvalue weighted by molar-refractivity contribution is 7.22. The van der Waals surface area contributed by atoms with Gasteiger partial charge in [0.15, 0.2) is 5.13 Å². The predicted molar refractivity (Wildman–Crippen MR) is 161 cm³/mol. The van der Waals surface area contributed by atoms with E-state index in [4.69, 9.17) is 14.5 Å². The number of fused-ring (bicyclic) bond motifs is 2. The number of hydrogen-bond donors (Lipinski definition) is 1. The molecule has 3 heterocycles. The second-order valence-electron chi connectivity index (χ2n) is 11.6. The van der Waals surface area contributed by atoms with Crippen LogP contribution in [0.1, 0.15) is 62.9 Å². The van der Waals surface area contributed by atoms with E-state index < -0.39 is 17.7 Å². The Labute approximate surface area is 243 Å². The van der Waals surface area contributed by atoms with Gasteiger partial charge in [-0.3, -0.25) is 14.5 Å². The summed E-state index contributed by atoms with van der Waals surface area (Å²) in [5.74, 6) is -0.200. The summed E-state index contributed by atoms with van der Waals surface area (Å²) in [5.41, 5.74) is 3.93. The number of rotatable bonds is 5. The molecule has 0 saturated carbocycles. The topological polar surface area (TPSA) is 89.0 Å². The Morgan fingerprint density at radius 2 is 1.85 bits per heavy atom. The number of ether oxygens (including phenoxy) is 2. The van der Waals surface area contributed by atoms with Crippen LogP contribution in [0.5, 0.6) is 11.5 Å². The first-order valence-corrected chi connectivity index (χ1v) is 14.6. The normalized spacial score (nSPS) is 20.0. The number of aromatic nitrogens is 1. The number of carbonyl (C=O) groups excluding carboxylic acids is 2. The average molecular weight is 569 g/mol. The molecular formula is C33H32N2O5S. The number of thiazole rings is 1. The van der Waals surface area contributed by atoms with Crippen molar-refractivity contribution in [3.8, 4) is 11.5 Å². The quantitative estimate of drug-likeness (QED) is 0.159. The number of anilines is 1. The molecular weight excluding hydrogens is 536 g/mol. The Bertz CT molecular complexity index is 1710. The minimum absolute atomic E-state index is 0.0385. The highest BCUT2D eigenvalue weighted by Gasteiger charge is 2.48. The molecule has 1 aromatic heterocycles. The second kappa shape index (κ2) is 10.0. The number of ketones is 1. The summed E-state index contributed by atoms with van der Waals surface area (Å²) in [6.45, 7) is 10.8. The smallest absolute Gasteiger partial charge is 0.301 e. The molecule has 41 heavy (non-hydrogen) atoms. The number of aliphatic hydroxyl groups excluding tert-OH is 1. The van der Waals surface area contributed by atoms with Gasteiger partial charge in [0.25, 0.3) is 5.78 Å². The van der Waals surface area contributed by atoms with Gasteiger partial charge in [0.2, 0.25) is 0 Å². The van der Waals surface area contributed by atoms with E-state index in [1.54, 1.807) is 12.1 Å². The van der Waals surface area contributed by atoms with E-state index in [9.17, 15) is 14.7 Å². The molecule has 3 aromatic carbocycles. The van der Waals surface area contributed by atoms with Crippen molar-refractivity contribution in [2.24, 2.45) is 0 Å². The summed E-state index contributed by atoms with van der Waals surface area (Å²) in [7, 11) is 0. The van der Waals surface area contributed by atoms with Gasteiger partial charge in [0.1, 0.15) is 23.4 Å². The lowest BCUT2D eigenvalue weighted by Crippen LogP contribution is -2.29. The number of amides is 1. The molecule has 0 unspecified atom stereocenters. The third kappa shape index (κ3) is 4.76. The zero-order valence-corrected chi connectivity index (χ0v) is 24.5. The average Bonchev–Trinajstić information content (AvgIpc) is 3.60. The van der Waals surface area contributed by atoms with Gasteiger partial charge in [-0.25, -0.2) is 4.98 Å². The number of nitrogens with zero attached hydrogens (tertiary/aromatic N) is 2. The Morgan fingerprint density at radius 3 is 2.56 bits per heavy atom. The van der Waals surface area contributed by atoms with E-state index in [2.05, 4.69) is 20.8 Å². The number of benzene rings is 3. The molecule has 210 valence electrons. The molecule has 1 amide bonds. The molecule has 1 saturated heterocycles. The van der Waals surface area contributed by atoms with E-state index in [0.717, 1.165) is 21.6 Å². The Hall–Kier alpha value is -4.17. The monoisotopic (exact) mass is 568 g/mol. The van der Waals surface area contributed by atoms with E-state index >= 15 is 0 Å². The Kier molecular flexibility index (Phi) is 6.61. The van der Waals surface area contributed by atoms with Crippen LogP contribution in [0.4, 0.5) is 5.13 Å². The molecule has 0 spiro atoms. The largest absolute Gasteiger partial charge is 0.507 e. The summed E-state index contributed by atoms with van der Waals surface area (Å²) in [6, 6.07) is 18.0. The lowest BCUT2D eigenvalue weighted by molar-refractivity contribution is -0.132. The van der Waals surface area contributed by atoms with Crippen LogP contribution in [0.3, 0.4) is 0 Å². The minimum atomic E-state index is -0.848. The predicted octanol–water partition coefficient (Wildman–Crippen LogP) is 6.94. The van der Waals surface area contributed by atoms with Crippen molar-refractivity contribution in [1.82, 2.24) is 4.98 Å². The highest BCUT2D eigenvalue weighted by Crippen LogP contribution is 2.45. The SMILES string of the molecule is CCOc1ccc2nc(N3C(=O)C(=O)C(=C(O)c4ccc5c(c4)C[C@@H](C)O5)[C@H]3c3ccc(C(C)(C)C)cc3)sc2c1. The van der Waals surface area contributed by atoms with Crippen molar-refractivity contribution in [2.75, 3.05) is 11.5 Å². The molecule has 2 aliphatic rings. The fourth-order valence-corrected chi connectivity index (χ4v) is 6.51. The fraction of sp³-hybridized carbons (Fsp3) is 0.303. The van der Waals surface area contributed by atoms with Crippen molar-refractivity contribution < 1.29 is 24.2 Å². The molecule has 6 rings (SSSR count). The zero-order chi connectivity index (χ0) is 29.1. The number of hydrogen-bond acceptors (Lipinski definition) is 7. The van der Waals surface area contributed by atoms with E-state index in [1.165, 1.54) is 16.2 Å². The van der Waals surface area contributed by atoms with Crippen LogP contribution < -0.4 is 14.4 Å². The van der Waals surface area contributed by atoms with Crippen molar-refractivity contribution in [3.63, 3.8) is 0 Å². The third-order valence-corrected chi connectivity index (χ3v) is 8.59. The lowest BCUT2D eigenvalue weighted by Gasteiger charge is -2.24. The van der Waals surface area contributed by atoms with Crippen molar-refractivity contribution >= 4 is 44.1 Å². The molecule has 2 atom stereocenters. The standard InChI is InChI=1S/C33H32N2O5S/c1-6-39-23-12-13-24-26(17-23)41-32(34-24)35-28(19-7-10-22(11-8-19)33(3,4)5)27(30(37)31(35)38)29(36)20-9-14-25-21(16-20)15-18(2)40-25/h7-14,16-18,28,36H,6,15H2,1-5H3/t18-,28-/m1/s1. The molecule has 8 heteroatoms. The van der Waals surface area contributed by atoms with Crippen molar-refractivity contribution in [1.29, 1.82) is 0 Å². The zero-order valence-electron chi connectivity index (χ0n) is 23.7. The first-order valence-electron chi connectivity index (χ1n) is 13.8. The highest BCUT2D eigenvalue weighted by atomic mass is 32.1. The number of carbonyl (C=O) groups is 2. The van der Waals surface area contributed by atoms with Crippen LogP contribution in [0.15, 0.2) is 66.2 Å². The third-order valence-electron chi connectivity index (χ3n) is 7.57. The van der Waals surface area contributed by atoms with Gasteiger partial charge >= 0.3 is 5.91 Å². The van der Waals surface area contributed by atoms with Crippen LogP contribution in [0.2, 0.25) is 0 Å². The molecule has 0 radical (unpaired) electrons. The summed E-state index contributed by atoms with van der Waals surface area (Å²) in [6.07, 6.45) is 0.745. The van der Waals surface area contributed by atoms with E-state index in [1.807, 2.05) is 62.4 Å². The van der Waals surface area contributed by atoms with Gasteiger partial charge in [-0.05, 0) is 72.4 Å². The maximum Gasteiger partial charge on any atom is 0.301 e. The Morgan fingerprint density at radius 1 is 1.10 bits per heavy atom. The van der Waals surface area contributed by atoms with Gasteiger partial charge < -0.3 is 14.6 Å². The molecule has 0 aliphatic carbocycles. The summed E-state index contributed by atoms with van der Waals surface area (Å²) >= 11 is 1.31. The maximum atomic E-state index is 13.7. The molecule has 2 aliphatic heterocycles. The van der Waals surface area contributed by atoms with Crippen LogP contribution in [0, 0.1) is 0 Å². The number of Topliss-reactive ketones (excluding diaryl/α,β-unsaturated/α-hetero) is 1. The summed E-state index contributed by atoms with van der Waals surface area (Å²) in [4.78, 5) is 33.5. The first kappa shape index (κ1) is 27.0. The van der Waals surface area contributed by atoms with Crippen LogP contribution in [0.25, 0.3) is 16.0 Å². The van der Waals surface area contributed by atoms with E-state index in [0.29, 0.717) is 40.6 Å². The second-order valence-corrected chi connectivity index (χ2v) is 12.6. The van der Waals surface area contributed by atoms with Crippen molar-refractivity contribution in [2.45, 2.75) is 58.6 Å². The van der Waals surface area contributed by atoms with Gasteiger partial charge in [0, 0.05) is 12.0 Å². The van der Waals surface area contributed by atoms with Gasteiger partial charge in [-0.2, -0.15) is 0 Å². The van der Waals surface area contributed by atoms with Gasteiger partial charge in [-0.1, -0.05) is 56.4 Å². The number of aliphatic hydroxyl groups is 1. The van der Waals surface area contributed by atoms with Crippen molar-refractivity contribution in [3.05, 3.63) is 88.5 Å². The first-order chi connectivity index (χ1) is 19.5. The van der Waals surface area contributed by atoms with Crippen LogP contribution in [-0.4, -0.2) is 34.5 Å². The molecule has 4 aromatic rings. The van der Waals surface area contributed by atoms with Gasteiger partial charge in [0.05, 0.1) is 28.4 Å². The molecule has 1 fully saturated rings. The van der Waals surface area contributed by atoms with Crippen LogP contribution in [-0.2, 0) is 21.4 Å². The molecule has 0 bridgehead atoms. The van der Waals surface area contributed by atoms with Gasteiger partial charge in [-0.15, -0.1) is 0 Å². The Balaban J connectivity index is 1.51. The fourth-order valence-electron chi connectivity index (χ4n) is 5.49. The molecule has 7 nitrogen and oxygen atoms in total.